The molecule has 2 unspecified atom stereocenters. The molecule has 2 fully saturated rings. The normalized spacial score (nSPS) is 28.2. The lowest BCUT2D eigenvalue weighted by Gasteiger charge is -2.14. The highest BCUT2D eigenvalue weighted by molar-refractivity contribution is 5.43. The molecule has 2 atom stereocenters. The Bertz CT molecular complexity index is 484. The van der Waals surface area contributed by atoms with Crippen LogP contribution in [-0.2, 0) is 6.42 Å². The van der Waals surface area contributed by atoms with E-state index in [0.29, 0.717) is 5.41 Å². The molecule has 1 aromatic carbocycles. The average molecular weight is 275 g/mol. The fourth-order valence-electron chi connectivity index (χ4n) is 3.09. The molecule has 0 aromatic heterocycles. The van der Waals surface area contributed by atoms with Gasteiger partial charge in [0.15, 0.2) is 11.5 Å². The Kier molecular flexibility index (Phi) is 3.63. The van der Waals surface area contributed by atoms with Gasteiger partial charge >= 0.3 is 0 Å². The Morgan fingerprint density at radius 1 is 1.20 bits per heavy atom. The van der Waals surface area contributed by atoms with Gasteiger partial charge in [0.1, 0.15) is 0 Å². The van der Waals surface area contributed by atoms with Crippen molar-refractivity contribution in [2.75, 3.05) is 20.8 Å². The van der Waals surface area contributed by atoms with E-state index in [9.17, 15) is 0 Å². The molecule has 3 rings (SSSR count). The van der Waals surface area contributed by atoms with Gasteiger partial charge in [0, 0.05) is 6.04 Å². The zero-order chi connectivity index (χ0) is 14.2. The second kappa shape index (κ2) is 5.28. The van der Waals surface area contributed by atoms with Gasteiger partial charge < -0.3 is 14.8 Å². The van der Waals surface area contributed by atoms with E-state index < -0.39 is 0 Å². The number of nitrogens with one attached hydrogen (secondary N) is 1. The minimum absolute atomic E-state index is 0.460. The standard InChI is InChI=1S/C17H25NO2/c1-17(10-13(17)11-18-14-5-6-14)9-12-4-7-15(19-2)16(8-12)20-3/h4,7-8,13-14,18H,5-6,9-11H2,1-3H3. The summed E-state index contributed by atoms with van der Waals surface area (Å²) in [7, 11) is 3.38. The molecule has 2 aliphatic carbocycles. The van der Waals surface area contributed by atoms with E-state index in [4.69, 9.17) is 9.47 Å². The zero-order valence-corrected chi connectivity index (χ0v) is 12.7. The first-order valence-electron chi connectivity index (χ1n) is 7.59. The number of methoxy groups -OCH3 is 2. The van der Waals surface area contributed by atoms with Crippen molar-refractivity contribution in [3.05, 3.63) is 23.8 Å². The van der Waals surface area contributed by atoms with Crippen molar-refractivity contribution in [3.63, 3.8) is 0 Å². The van der Waals surface area contributed by atoms with Crippen LogP contribution in [0.2, 0.25) is 0 Å². The molecule has 2 saturated carbocycles. The van der Waals surface area contributed by atoms with Crippen molar-refractivity contribution in [1.29, 1.82) is 0 Å². The number of hydrogen-bond acceptors (Lipinski definition) is 3. The van der Waals surface area contributed by atoms with Gasteiger partial charge in [0.05, 0.1) is 14.2 Å². The molecule has 1 N–H and O–H groups in total. The van der Waals surface area contributed by atoms with Crippen molar-refractivity contribution in [1.82, 2.24) is 5.32 Å². The van der Waals surface area contributed by atoms with Crippen LogP contribution in [0.1, 0.15) is 31.7 Å². The molecule has 0 saturated heterocycles. The molecule has 0 bridgehead atoms. The van der Waals surface area contributed by atoms with E-state index in [-0.39, 0.29) is 0 Å². The number of benzene rings is 1. The summed E-state index contributed by atoms with van der Waals surface area (Å²) in [6, 6.07) is 7.11. The van der Waals surface area contributed by atoms with E-state index in [2.05, 4.69) is 24.4 Å². The van der Waals surface area contributed by atoms with Crippen molar-refractivity contribution in [2.45, 2.75) is 38.6 Å². The van der Waals surface area contributed by atoms with Gasteiger partial charge in [0.2, 0.25) is 0 Å². The first-order valence-corrected chi connectivity index (χ1v) is 7.59. The lowest BCUT2D eigenvalue weighted by atomic mass is 9.95. The van der Waals surface area contributed by atoms with Crippen LogP contribution < -0.4 is 14.8 Å². The van der Waals surface area contributed by atoms with E-state index in [0.717, 1.165) is 29.9 Å². The predicted molar refractivity (Wildman–Crippen MR) is 80.5 cm³/mol. The smallest absolute Gasteiger partial charge is 0.160 e. The van der Waals surface area contributed by atoms with Crippen LogP contribution in [0.4, 0.5) is 0 Å². The van der Waals surface area contributed by atoms with Crippen molar-refractivity contribution < 1.29 is 9.47 Å². The summed E-state index contributed by atoms with van der Waals surface area (Å²) in [5.41, 5.74) is 1.81. The maximum Gasteiger partial charge on any atom is 0.160 e. The molecule has 0 heterocycles. The Morgan fingerprint density at radius 2 is 1.95 bits per heavy atom. The van der Waals surface area contributed by atoms with Crippen molar-refractivity contribution in [3.8, 4) is 11.5 Å². The molecule has 0 amide bonds. The predicted octanol–water partition coefficient (Wildman–Crippen LogP) is 3.02. The largest absolute Gasteiger partial charge is 0.493 e. The third kappa shape index (κ3) is 2.93. The van der Waals surface area contributed by atoms with Gasteiger partial charge in [-0.25, -0.2) is 0 Å². The average Bonchev–Trinajstić information content (AvgIpc) is 3.34. The highest BCUT2D eigenvalue weighted by Gasteiger charge is 2.49. The van der Waals surface area contributed by atoms with Crippen LogP contribution in [0.5, 0.6) is 11.5 Å². The molecule has 0 aliphatic heterocycles. The second-order valence-electron chi connectivity index (χ2n) is 6.60. The molecule has 1 aromatic rings. The fourth-order valence-corrected chi connectivity index (χ4v) is 3.09. The van der Waals surface area contributed by atoms with Gasteiger partial charge in [-0.2, -0.15) is 0 Å². The van der Waals surface area contributed by atoms with Crippen LogP contribution in [0.25, 0.3) is 0 Å². The summed E-state index contributed by atoms with van der Waals surface area (Å²) in [6.45, 7) is 3.59. The highest BCUT2D eigenvalue weighted by Crippen LogP contribution is 2.54. The van der Waals surface area contributed by atoms with Crippen LogP contribution >= 0.6 is 0 Å². The van der Waals surface area contributed by atoms with Crippen molar-refractivity contribution >= 4 is 0 Å². The summed E-state index contributed by atoms with van der Waals surface area (Å²) >= 11 is 0. The fraction of sp³-hybridized carbons (Fsp3) is 0.647. The third-order valence-electron chi connectivity index (χ3n) is 4.82. The minimum atomic E-state index is 0.460. The molecule has 0 spiro atoms. The topological polar surface area (TPSA) is 30.5 Å². The second-order valence-corrected chi connectivity index (χ2v) is 6.60. The molecule has 2 aliphatic rings. The lowest BCUT2D eigenvalue weighted by Crippen LogP contribution is -2.21. The van der Waals surface area contributed by atoms with Crippen LogP contribution in [0.15, 0.2) is 18.2 Å². The minimum Gasteiger partial charge on any atom is -0.493 e. The monoisotopic (exact) mass is 275 g/mol. The Balaban J connectivity index is 1.59. The molecule has 20 heavy (non-hydrogen) atoms. The zero-order valence-electron chi connectivity index (χ0n) is 12.7. The Hall–Kier alpha value is -1.22. The van der Waals surface area contributed by atoms with Gasteiger partial charge in [0.25, 0.3) is 0 Å². The summed E-state index contributed by atoms with van der Waals surface area (Å²) in [5, 5.41) is 3.66. The summed E-state index contributed by atoms with van der Waals surface area (Å²) in [4.78, 5) is 0. The lowest BCUT2D eigenvalue weighted by molar-refractivity contribution is 0.354. The first kappa shape index (κ1) is 13.7. The number of ether oxygens (including phenoxy) is 2. The molecule has 110 valence electrons. The van der Waals surface area contributed by atoms with Crippen LogP contribution in [-0.4, -0.2) is 26.8 Å². The van der Waals surface area contributed by atoms with E-state index in [1.165, 1.54) is 31.4 Å². The maximum absolute atomic E-state index is 5.39. The molecule has 3 heteroatoms. The first-order chi connectivity index (χ1) is 9.64. The molecule has 0 radical (unpaired) electrons. The Morgan fingerprint density at radius 3 is 2.60 bits per heavy atom. The summed E-state index contributed by atoms with van der Waals surface area (Å²) < 4.78 is 10.7. The highest BCUT2D eigenvalue weighted by atomic mass is 16.5. The van der Waals surface area contributed by atoms with Gasteiger partial charge in [-0.1, -0.05) is 13.0 Å². The SMILES string of the molecule is COc1ccc(CC2(C)CC2CNC2CC2)cc1OC. The number of rotatable bonds is 7. The molecular formula is C17H25NO2. The van der Waals surface area contributed by atoms with Crippen LogP contribution in [0, 0.1) is 11.3 Å². The quantitative estimate of drug-likeness (QED) is 0.829. The summed E-state index contributed by atoms with van der Waals surface area (Å²) in [6.07, 6.45) is 5.21. The van der Waals surface area contributed by atoms with Gasteiger partial charge in [-0.05, 0) is 61.3 Å². The third-order valence-corrected chi connectivity index (χ3v) is 4.82. The molecule has 3 nitrogen and oxygen atoms in total. The van der Waals surface area contributed by atoms with E-state index >= 15 is 0 Å². The van der Waals surface area contributed by atoms with E-state index in [1.807, 2.05) is 6.07 Å². The van der Waals surface area contributed by atoms with Crippen LogP contribution in [0.3, 0.4) is 0 Å². The van der Waals surface area contributed by atoms with E-state index in [1.54, 1.807) is 14.2 Å². The van der Waals surface area contributed by atoms with Gasteiger partial charge in [-0.3, -0.25) is 0 Å². The van der Waals surface area contributed by atoms with Gasteiger partial charge in [-0.15, -0.1) is 0 Å². The Labute approximate surface area is 121 Å². The molecular weight excluding hydrogens is 250 g/mol. The number of hydrogen-bond donors (Lipinski definition) is 1. The summed E-state index contributed by atoms with van der Waals surface area (Å²) in [5.74, 6) is 2.47. The maximum atomic E-state index is 5.39. The van der Waals surface area contributed by atoms with Crippen molar-refractivity contribution in [2.24, 2.45) is 11.3 Å².